The average molecular weight is 261 g/mol. The van der Waals surface area contributed by atoms with E-state index in [1.165, 1.54) is 12.8 Å². The molecule has 0 saturated carbocycles. The molecule has 1 aliphatic heterocycles. The molecule has 1 atom stereocenters. The lowest BCUT2D eigenvalue weighted by Gasteiger charge is -2.30. The van der Waals surface area contributed by atoms with Crippen LogP contribution in [0.15, 0.2) is 12.3 Å². The molecule has 0 aromatic carbocycles. The van der Waals surface area contributed by atoms with Gasteiger partial charge in [0.15, 0.2) is 0 Å². The van der Waals surface area contributed by atoms with E-state index in [0.29, 0.717) is 12.5 Å². The molecular weight excluding hydrogens is 238 g/mol. The topological polar surface area (TPSA) is 41.3 Å². The highest BCUT2D eigenvalue weighted by Crippen LogP contribution is 2.25. The summed E-state index contributed by atoms with van der Waals surface area (Å²) in [6.07, 6.45) is 5.31. The zero-order chi connectivity index (χ0) is 13.5. The standard InChI is InChI=1S/C15H23N3O/c1-2-3-4-8-17-9-5-6-14(13-17)15-7-10-18(16-15)11-12-19/h7,10,14,19H,2,5-6,8-9,11-13H2,1H3/t14-/m1/s1. The molecule has 4 nitrogen and oxygen atoms in total. The summed E-state index contributed by atoms with van der Waals surface area (Å²) < 4.78 is 1.82. The van der Waals surface area contributed by atoms with Crippen LogP contribution in [0, 0.1) is 11.8 Å². The summed E-state index contributed by atoms with van der Waals surface area (Å²) in [5, 5.41) is 13.5. The van der Waals surface area contributed by atoms with Gasteiger partial charge in [0.2, 0.25) is 0 Å². The predicted molar refractivity (Wildman–Crippen MR) is 75.8 cm³/mol. The molecule has 1 aromatic heterocycles. The fraction of sp³-hybridized carbons (Fsp3) is 0.667. The van der Waals surface area contributed by atoms with Gasteiger partial charge in [-0.1, -0.05) is 12.8 Å². The molecule has 1 fully saturated rings. The lowest BCUT2D eigenvalue weighted by Crippen LogP contribution is -2.34. The maximum atomic E-state index is 8.92. The van der Waals surface area contributed by atoms with Crippen molar-refractivity contribution in [1.29, 1.82) is 0 Å². The summed E-state index contributed by atoms with van der Waals surface area (Å²) in [5.41, 5.74) is 1.15. The highest BCUT2D eigenvalue weighted by Gasteiger charge is 2.22. The van der Waals surface area contributed by atoms with Crippen LogP contribution in [0.2, 0.25) is 0 Å². The van der Waals surface area contributed by atoms with Crippen LogP contribution in [-0.4, -0.2) is 46.0 Å². The van der Waals surface area contributed by atoms with Crippen LogP contribution < -0.4 is 0 Å². The van der Waals surface area contributed by atoms with Gasteiger partial charge in [-0.05, 0) is 25.5 Å². The van der Waals surface area contributed by atoms with Crippen molar-refractivity contribution in [2.75, 3.05) is 26.2 Å². The highest BCUT2D eigenvalue weighted by molar-refractivity contribution is 5.09. The highest BCUT2D eigenvalue weighted by atomic mass is 16.3. The molecule has 0 bridgehead atoms. The van der Waals surface area contributed by atoms with Gasteiger partial charge in [0, 0.05) is 25.1 Å². The fourth-order valence-corrected chi connectivity index (χ4v) is 2.56. The SMILES string of the molecule is CCC#CCN1CCC[C@@H](c2ccn(CCO)n2)C1. The summed E-state index contributed by atoms with van der Waals surface area (Å²) in [7, 11) is 0. The molecule has 4 heteroatoms. The molecule has 0 aliphatic carbocycles. The van der Waals surface area contributed by atoms with E-state index in [1.54, 1.807) is 0 Å². The third kappa shape index (κ3) is 4.09. The molecule has 1 N–H and O–H groups in total. The number of rotatable bonds is 4. The average Bonchev–Trinajstić information content (AvgIpc) is 2.89. The number of hydrogen-bond donors (Lipinski definition) is 1. The van der Waals surface area contributed by atoms with Crippen LogP contribution >= 0.6 is 0 Å². The summed E-state index contributed by atoms with van der Waals surface area (Å²) in [5.74, 6) is 6.86. The second-order valence-electron chi connectivity index (χ2n) is 5.01. The van der Waals surface area contributed by atoms with Gasteiger partial charge >= 0.3 is 0 Å². The third-order valence-corrected chi connectivity index (χ3v) is 3.52. The molecule has 0 radical (unpaired) electrons. The minimum absolute atomic E-state index is 0.143. The van der Waals surface area contributed by atoms with E-state index in [4.69, 9.17) is 5.11 Å². The maximum absolute atomic E-state index is 8.92. The van der Waals surface area contributed by atoms with Crippen molar-refractivity contribution in [2.45, 2.75) is 38.6 Å². The Balaban J connectivity index is 1.92. The molecule has 2 heterocycles. The van der Waals surface area contributed by atoms with Crippen molar-refractivity contribution < 1.29 is 5.11 Å². The van der Waals surface area contributed by atoms with Crippen molar-refractivity contribution in [3.8, 4) is 11.8 Å². The number of likely N-dealkylation sites (tertiary alicyclic amines) is 1. The van der Waals surface area contributed by atoms with Crippen LogP contribution in [0.4, 0.5) is 0 Å². The number of aliphatic hydroxyl groups excluding tert-OH is 1. The Morgan fingerprint density at radius 1 is 1.47 bits per heavy atom. The Morgan fingerprint density at radius 3 is 3.16 bits per heavy atom. The Bertz CT molecular complexity index is 444. The zero-order valence-electron chi connectivity index (χ0n) is 11.7. The van der Waals surface area contributed by atoms with Crippen LogP contribution in [0.1, 0.15) is 37.8 Å². The second-order valence-corrected chi connectivity index (χ2v) is 5.01. The van der Waals surface area contributed by atoms with E-state index < -0.39 is 0 Å². The van der Waals surface area contributed by atoms with Crippen LogP contribution in [0.25, 0.3) is 0 Å². The minimum atomic E-state index is 0.143. The lowest BCUT2D eigenvalue weighted by molar-refractivity contribution is 0.227. The summed E-state index contributed by atoms with van der Waals surface area (Å²) in [6, 6.07) is 2.08. The summed E-state index contributed by atoms with van der Waals surface area (Å²) >= 11 is 0. The first-order valence-electron chi connectivity index (χ1n) is 7.15. The van der Waals surface area contributed by atoms with Crippen LogP contribution in [0.3, 0.4) is 0 Å². The molecular formula is C15H23N3O. The second kappa shape index (κ2) is 7.32. The van der Waals surface area contributed by atoms with Gasteiger partial charge < -0.3 is 5.11 Å². The molecule has 1 aromatic rings. The molecule has 1 saturated heterocycles. The van der Waals surface area contributed by atoms with Crippen molar-refractivity contribution in [3.05, 3.63) is 18.0 Å². The lowest BCUT2D eigenvalue weighted by atomic mass is 9.95. The third-order valence-electron chi connectivity index (χ3n) is 3.52. The van der Waals surface area contributed by atoms with E-state index in [0.717, 1.165) is 31.7 Å². The largest absolute Gasteiger partial charge is 0.394 e. The smallest absolute Gasteiger partial charge is 0.0668 e. The molecule has 2 rings (SSSR count). The van der Waals surface area contributed by atoms with Gasteiger partial charge in [-0.25, -0.2) is 0 Å². The van der Waals surface area contributed by atoms with Gasteiger partial charge in [0.1, 0.15) is 0 Å². The van der Waals surface area contributed by atoms with E-state index in [-0.39, 0.29) is 6.61 Å². The number of hydrogen-bond acceptors (Lipinski definition) is 3. The molecule has 0 amide bonds. The molecule has 0 unspecified atom stereocenters. The normalized spacial score (nSPS) is 20.0. The number of nitrogens with zero attached hydrogens (tertiary/aromatic N) is 3. The van der Waals surface area contributed by atoms with Gasteiger partial charge in [-0.3, -0.25) is 9.58 Å². The van der Waals surface area contributed by atoms with Crippen LogP contribution in [0.5, 0.6) is 0 Å². The molecule has 104 valence electrons. The van der Waals surface area contributed by atoms with Gasteiger partial charge in [-0.2, -0.15) is 5.10 Å². The van der Waals surface area contributed by atoms with E-state index in [1.807, 2.05) is 10.9 Å². The summed E-state index contributed by atoms with van der Waals surface area (Å²) in [4.78, 5) is 2.42. The van der Waals surface area contributed by atoms with Crippen molar-refractivity contribution in [2.24, 2.45) is 0 Å². The first kappa shape index (κ1) is 14.1. The molecule has 19 heavy (non-hydrogen) atoms. The summed E-state index contributed by atoms with van der Waals surface area (Å²) in [6.45, 7) is 5.88. The number of aliphatic hydroxyl groups is 1. The Labute approximate surface area is 115 Å². The van der Waals surface area contributed by atoms with Crippen molar-refractivity contribution in [3.63, 3.8) is 0 Å². The first-order valence-corrected chi connectivity index (χ1v) is 7.15. The van der Waals surface area contributed by atoms with Gasteiger partial charge in [-0.15, -0.1) is 5.92 Å². The Kier molecular flexibility index (Phi) is 5.44. The monoisotopic (exact) mass is 261 g/mol. The fourth-order valence-electron chi connectivity index (χ4n) is 2.56. The number of aromatic nitrogens is 2. The first-order chi connectivity index (χ1) is 9.33. The Hall–Kier alpha value is -1.31. The van der Waals surface area contributed by atoms with E-state index >= 15 is 0 Å². The van der Waals surface area contributed by atoms with Gasteiger partial charge in [0.25, 0.3) is 0 Å². The quantitative estimate of drug-likeness (QED) is 0.835. The van der Waals surface area contributed by atoms with E-state index in [2.05, 4.69) is 34.8 Å². The minimum Gasteiger partial charge on any atom is -0.394 e. The van der Waals surface area contributed by atoms with Crippen molar-refractivity contribution in [1.82, 2.24) is 14.7 Å². The predicted octanol–water partition coefficient (Wildman–Crippen LogP) is 1.47. The number of piperidine rings is 1. The van der Waals surface area contributed by atoms with Crippen molar-refractivity contribution >= 4 is 0 Å². The maximum Gasteiger partial charge on any atom is 0.0668 e. The van der Waals surface area contributed by atoms with Crippen LogP contribution in [-0.2, 0) is 6.54 Å². The Morgan fingerprint density at radius 2 is 2.37 bits per heavy atom. The zero-order valence-corrected chi connectivity index (χ0v) is 11.7. The van der Waals surface area contributed by atoms with Gasteiger partial charge in [0.05, 0.1) is 25.4 Å². The van der Waals surface area contributed by atoms with E-state index in [9.17, 15) is 0 Å². The molecule has 0 spiro atoms. The molecule has 1 aliphatic rings.